The molecule has 2 atom stereocenters. The summed E-state index contributed by atoms with van der Waals surface area (Å²) in [7, 11) is 1.71. The molecule has 0 N–H and O–H groups in total. The maximum atomic E-state index is 5.50. The molecule has 0 amide bonds. The summed E-state index contributed by atoms with van der Waals surface area (Å²) in [5, 5.41) is 0. The number of thiol groups is 1. The van der Waals surface area contributed by atoms with Crippen LogP contribution in [0.15, 0.2) is 24.3 Å². The Hall–Kier alpha value is -0.510. The molecular weight excluding hydrogens is 220 g/mol. The fourth-order valence-corrected chi connectivity index (χ4v) is 2.37. The monoisotopic (exact) mass is 238 g/mol. The van der Waals surface area contributed by atoms with Crippen LogP contribution in [-0.2, 0) is 15.2 Å². The fraction of sp³-hybridized carbons (Fsp3) is 0.538. The molecule has 1 aromatic carbocycles. The normalized spacial score (nSPS) is 25.6. The summed E-state index contributed by atoms with van der Waals surface area (Å²) in [6.45, 7) is 0.786. The molecule has 0 aromatic heterocycles. The zero-order valence-electron chi connectivity index (χ0n) is 9.56. The highest BCUT2D eigenvalue weighted by atomic mass is 32.1. The summed E-state index contributed by atoms with van der Waals surface area (Å²) in [6, 6.07) is 8.66. The van der Waals surface area contributed by atoms with Crippen molar-refractivity contribution in [3.05, 3.63) is 35.4 Å². The molecule has 1 aromatic rings. The van der Waals surface area contributed by atoms with Crippen LogP contribution in [0.5, 0.6) is 0 Å². The van der Waals surface area contributed by atoms with Crippen LogP contribution in [0.1, 0.15) is 29.9 Å². The highest BCUT2D eigenvalue weighted by molar-refractivity contribution is 7.79. The summed E-state index contributed by atoms with van der Waals surface area (Å²) < 4.78 is 10.8. The van der Waals surface area contributed by atoms with Crippen LogP contribution in [0, 0.1) is 0 Å². The predicted molar refractivity (Wildman–Crippen MR) is 67.9 cm³/mol. The topological polar surface area (TPSA) is 18.5 Å². The average molecular weight is 238 g/mol. The fourth-order valence-electron chi connectivity index (χ4n) is 2.17. The van der Waals surface area contributed by atoms with Gasteiger partial charge in [0.2, 0.25) is 0 Å². The van der Waals surface area contributed by atoms with Gasteiger partial charge in [-0.1, -0.05) is 24.3 Å². The molecule has 1 aliphatic rings. The Morgan fingerprint density at radius 1 is 1.50 bits per heavy atom. The minimum Gasteiger partial charge on any atom is -0.356 e. The molecule has 2 nitrogen and oxygen atoms in total. The number of rotatable bonds is 3. The van der Waals surface area contributed by atoms with Gasteiger partial charge in [-0.25, -0.2) is 0 Å². The molecule has 0 spiro atoms. The Labute approximate surface area is 102 Å². The predicted octanol–water partition coefficient (Wildman–Crippen LogP) is 2.98. The molecule has 16 heavy (non-hydrogen) atoms. The standard InChI is InChI=1S/C13H18O2S/c1-14-13-8-12(5-6-15-13)11-4-2-3-10(7-11)9-16/h2-4,7,12-13,16H,5-6,8-9H2,1H3. The molecule has 1 saturated heterocycles. The van der Waals surface area contributed by atoms with E-state index in [-0.39, 0.29) is 6.29 Å². The summed E-state index contributed by atoms with van der Waals surface area (Å²) in [6.07, 6.45) is 1.99. The van der Waals surface area contributed by atoms with E-state index >= 15 is 0 Å². The second-order valence-electron chi connectivity index (χ2n) is 4.16. The minimum atomic E-state index is -0.0431. The van der Waals surface area contributed by atoms with Crippen molar-refractivity contribution in [1.82, 2.24) is 0 Å². The molecule has 2 unspecified atom stereocenters. The lowest BCUT2D eigenvalue weighted by Gasteiger charge is -2.28. The molecule has 0 aliphatic carbocycles. The summed E-state index contributed by atoms with van der Waals surface area (Å²) >= 11 is 4.31. The first-order valence-corrected chi connectivity index (χ1v) is 6.31. The van der Waals surface area contributed by atoms with Crippen molar-refractivity contribution >= 4 is 12.6 Å². The van der Waals surface area contributed by atoms with Gasteiger partial charge in [-0.05, 0) is 23.5 Å². The molecule has 1 fully saturated rings. The van der Waals surface area contributed by atoms with Gasteiger partial charge in [0.1, 0.15) is 0 Å². The molecule has 1 heterocycles. The molecule has 88 valence electrons. The molecule has 2 rings (SSSR count). The van der Waals surface area contributed by atoms with E-state index in [9.17, 15) is 0 Å². The van der Waals surface area contributed by atoms with Crippen molar-refractivity contribution in [1.29, 1.82) is 0 Å². The van der Waals surface area contributed by atoms with Crippen molar-refractivity contribution in [3.63, 3.8) is 0 Å². The lowest BCUT2D eigenvalue weighted by atomic mass is 9.90. The number of ether oxygens (including phenoxy) is 2. The van der Waals surface area contributed by atoms with Crippen molar-refractivity contribution in [2.45, 2.75) is 30.8 Å². The van der Waals surface area contributed by atoms with Gasteiger partial charge in [0.25, 0.3) is 0 Å². The van der Waals surface area contributed by atoms with Crippen LogP contribution < -0.4 is 0 Å². The summed E-state index contributed by atoms with van der Waals surface area (Å²) in [5.74, 6) is 1.35. The quantitative estimate of drug-likeness (QED) is 0.816. The van der Waals surface area contributed by atoms with E-state index < -0.39 is 0 Å². The Bertz CT molecular complexity index is 340. The lowest BCUT2D eigenvalue weighted by Crippen LogP contribution is -2.25. The number of hydrogen-bond donors (Lipinski definition) is 1. The van der Waals surface area contributed by atoms with Gasteiger partial charge in [-0.3, -0.25) is 0 Å². The number of benzene rings is 1. The third kappa shape index (κ3) is 2.78. The van der Waals surface area contributed by atoms with E-state index in [4.69, 9.17) is 9.47 Å². The van der Waals surface area contributed by atoms with Crippen LogP contribution in [0.3, 0.4) is 0 Å². The molecule has 0 saturated carbocycles. The van der Waals surface area contributed by atoms with Crippen LogP contribution >= 0.6 is 12.6 Å². The van der Waals surface area contributed by atoms with Crippen LogP contribution in [-0.4, -0.2) is 20.0 Å². The van der Waals surface area contributed by atoms with Gasteiger partial charge >= 0.3 is 0 Å². The van der Waals surface area contributed by atoms with Crippen LogP contribution in [0.4, 0.5) is 0 Å². The van der Waals surface area contributed by atoms with Crippen LogP contribution in [0.2, 0.25) is 0 Å². The first-order valence-electron chi connectivity index (χ1n) is 5.67. The van der Waals surface area contributed by atoms with Crippen molar-refractivity contribution in [3.8, 4) is 0 Å². The Morgan fingerprint density at radius 3 is 3.12 bits per heavy atom. The highest BCUT2D eigenvalue weighted by Crippen LogP contribution is 2.30. The van der Waals surface area contributed by atoms with Crippen molar-refractivity contribution in [2.24, 2.45) is 0 Å². The highest BCUT2D eigenvalue weighted by Gasteiger charge is 2.23. The maximum Gasteiger partial charge on any atom is 0.157 e. The zero-order chi connectivity index (χ0) is 11.4. The van der Waals surface area contributed by atoms with Gasteiger partial charge in [0.05, 0.1) is 6.61 Å². The molecule has 3 heteroatoms. The molecule has 0 bridgehead atoms. The number of methoxy groups -OCH3 is 1. The van der Waals surface area contributed by atoms with Gasteiger partial charge in [0.15, 0.2) is 6.29 Å². The largest absolute Gasteiger partial charge is 0.356 e. The van der Waals surface area contributed by atoms with Crippen molar-refractivity contribution in [2.75, 3.05) is 13.7 Å². The Kier molecular flexibility index (Phi) is 4.27. The SMILES string of the molecule is COC1CC(c2cccc(CS)c2)CCO1. The third-order valence-electron chi connectivity index (χ3n) is 3.11. The second kappa shape index (κ2) is 5.71. The van der Waals surface area contributed by atoms with Gasteiger partial charge in [-0.2, -0.15) is 12.6 Å². The summed E-state index contributed by atoms with van der Waals surface area (Å²) in [4.78, 5) is 0. The van der Waals surface area contributed by atoms with Gasteiger partial charge < -0.3 is 9.47 Å². The first kappa shape index (κ1) is 12.0. The molecule has 1 aliphatic heterocycles. The van der Waals surface area contributed by atoms with E-state index in [1.807, 2.05) is 0 Å². The molecule has 0 radical (unpaired) electrons. The van der Waals surface area contributed by atoms with E-state index in [2.05, 4.69) is 36.9 Å². The van der Waals surface area contributed by atoms with Gasteiger partial charge in [0, 0.05) is 19.3 Å². The summed E-state index contributed by atoms with van der Waals surface area (Å²) in [5.41, 5.74) is 2.66. The molecular formula is C13H18O2S. The van der Waals surface area contributed by atoms with E-state index in [0.717, 1.165) is 25.2 Å². The van der Waals surface area contributed by atoms with E-state index in [1.54, 1.807) is 7.11 Å². The van der Waals surface area contributed by atoms with Gasteiger partial charge in [-0.15, -0.1) is 0 Å². The second-order valence-corrected chi connectivity index (χ2v) is 4.48. The third-order valence-corrected chi connectivity index (χ3v) is 3.48. The first-order chi connectivity index (χ1) is 7.83. The van der Waals surface area contributed by atoms with Crippen LogP contribution in [0.25, 0.3) is 0 Å². The van der Waals surface area contributed by atoms with E-state index in [1.165, 1.54) is 11.1 Å². The minimum absolute atomic E-state index is 0.0431. The average Bonchev–Trinajstić information content (AvgIpc) is 2.39. The maximum absolute atomic E-state index is 5.50. The van der Waals surface area contributed by atoms with E-state index in [0.29, 0.717) is 5.92 Å². The number of hydrogen-bond acceptors (Lipinski definition) is 3. The smallest absolute Gasteiger partial charge is 0.157 e. The Balaban J connectivity index is 2.10. The zero-order valence-corrected chi connectivity index (χ0v) is 10.5. The van der Waals surface area contributed by atoms with Crippen molar-refractivity contribution < 1.29 is 9.47 Å². The lowest BCUT2D eigenvalue weighted by molar-refractivity contribution is -0.150. The Morgan fingerprint density at radius 2 is 2.38 bits per heavy atom.